The lowest BCUT2D eigenvalue weighted by atomic mass is 9.96. The molecule has 0 fully saturated rings. The van der Waals surface area contributed by atoms with Crippen molar-refractivity contribution in [3.8, 4) is 0 Å². The first-order chi connectivity index (χ1) is 8.07. The van der Waals surface area contributed by atoms with Gasteiger partial charge in [-0.3, -0.25) is 0 Å². The van der Waals surface area contributed by atoms with Crippen molar-refractivity contribution < 1.29 is 18.8 Å². The topological polar surface area (TPSA) is 47.9 Å². The molecule has 0 aliphatic carbocycles. The highest BCUT2D eigenvalue weighted by atomic mass is 19.1. The fourth-order valence-corrected chi connectivity index (χ4v) is 1.70. The maximum Gasteiger partial charge on any atom is 0.353 e. The van der Waals surface area contributed by atoms with Crippen molar-refractivity contribution in [1.82, 2.24) is 0 Å². The maximum absolute atomic E-state index is 13.5. The molecule has 0 amide bonds. The minimum absolute atomic E-state index is 0.195. The molecule has 0 bridgehead atoms. The summed E-state index contributed by atoms with van der Waals surface area (Å²) in [6.07, 6.45) is 0.195. The fraction of sp³-hybridized carbons (Fsp3) is 0.333. The highest BCUT2D eigenvalue weighted by molar-refractivity contribution is 6.04. The number of esters is 1. The number of methoxy groups -OCH3 is 1. The first-order valence-electron chi connectivity index (χ1n) is 5.15. The van der Waals surface area contributed by atoms with Gasteiger partial charge in [-0.2, -0.15) is 0 Å². The molecule has 1 aliphatic heterocycles. The van der Waals surface area contributed by atoms with Gasteiger partial charge in [0.05, 0.1) is 12.8 Å². The van der Waals surface area contributed by atoms with Crippen molar-refractivity contribution in [3.05, 3.63) is 35.6 Å². The van der Waals surface area contributed by atoms with Crippen LogP contribution in [-0.2, 0) is 14.4 Å². The van der Waals surface area contributed by atoms with Crippen LogP contribution in [0.3, 0.4) is 0 Å². The Morgan fingerprint density at radius 3 is 2.88 bits per heavy atom. The summed E-state index contributed by atoms with van der Waals surface area (Å²) >= 11 is 0. The summed E-state index contributed by atoms with van der Waals surface area (Å²) in [5.41, 5.74) is -0.400. The maximum atomic E-state index is 13.5. The third-order valence-corrected chi connectivity index (χ3v) is 2.66. The van der Waals surface area contributed by atoms with E-state index >= 15 is 0 Å². The van der Waals surface area contributed by atoms with Gasteiger partial charge in [0.2, 0.25) is 5.60 Å². The lowest BCUT2D eigenvalue weighted by Crippen LogP contribution is -2.36. The van der Waals surface area contributed by atoms with Crippen LogP contribution in [0.25, 0.3) is 0 Å². The van der Waals surface area contributed by atoms with Crippen molar-refractivity contribution in [1.29, 1.82) is 0 Å². The number of oxime groups is 1. The molecule has 17 heavy (non-hydrogen) atoms. The summed E-state index contributed by atoms with van der Waals surface area (Å²) in [5, 5.41) is 3.76. The number of halogens is 1. The molecule has 0 aromatic heterocycles. The van der Waals surface area contributed by atoms with Crippen LogP contribution in [0.2, 0.25) is 0 Å². The quantitative estimate of drug-likeness (QED) is 0.738. The van der Waals surface area contributed by atoms with Crippen LogP contribution in [-0.4, -0.2) is 24.4 Å². The minimum Gasteiger partial charge on any atom is -0.466 e. The van der Waals surface area contributed by atoms with E-state index in [1.165, 1.54) is 13.2 Å². The van der Waals surface area contributed by atoms with E-state index in [0.717, 1.165) is 0 Å². The molecule has 1 aromatic rings. The smallest absolute Gasteiger partial charge is 0.353 e. The summed E-state index contributed by atoms with van der Waals surface area (Å²) in [7, 11) is 1.28. The molecule has 5 heteroatoms. The Balaban J connectivity index is 2.23. The number of hydrogen-bond acceptors (Lipinski definition) is 4. The Hall–Kier alpha value is -1.91. The van der Waals surface area contributed by atoms with Crippen LogP contribution < -0.4 is 0 Å². The Kier molecular flexibility index (Phi) is 2.83. The van der Waals surface area contributed by atoms with Crippen LogP contribution in [0.15, 0.2) is 29.4 Å². The highest BCUT2D eigenvalue weighted by Gasteiger charge is 2.43. The first kappa shape index (κ1) is 11.6. The third-order valence-electron chi connectivity index (χ3n) is 2.66. The van der Waals surface area contributed by atoms with E-state index in [2.05, 4.69) is 9.89 Å². The van der Waals surface area contributed by atoms with Crippen LogP contribution in [0, 0.1) is 5.82 Å². The lowest BCUT2D eigenvalue weighted by molar-refractivity contribution is -0.164. The predicted octanol–water partition coefficient (Wildman–Crippen LogP) is 1.88. The van der Waals surface area contributed by atoms with Crippen molar-refractivity contribution >= 4 is 11.7 Å². The number of hydrogen-bond donors (Lipinski definition) is 0. The number of rotatable bonds is 2. The van der Waals surface area contributed by atoms with E-state index in [0.29, 0.717) is 11.3 Å². The molecule has 1 aliphatic rings. The SMILES string of the molecule is COC(=O)C1(C)CC(c2ccccc2F)=NO1. The summed E-state index contributed by atoms with van der Waals surface area (Å²) in [6, 6.07) is 6.23. The summed E-state index contributed by atoms with van der Waals surface area (Å²) in [5.74, 6) is -0.906. The summed E-state index contributed by atoms with van der Waals surface area (Å²) in [6.45, 7) is 1.57. The van der Waals surface area contributed by atoms with Crippen LogP contribution in [0.5, 0.6) is 0 Å². The molecule has 1 atom stereocenters. The zero-order valence-electron chi connectivity index (χ0n) is 9.57. The average molecular weight is 237 g/mol. The fourth-order valence-electron chi connectivity index (χ4n) is 1.70. The number of ether oxygens (including phenoxy) is 1. The largest absolute Gasteiger partial charge is 0.466 e. The number of carbonyl (C=O) groups is 1. The van der Waals surface area contributed by atoms with Gasteiger partial charge in [-0.25, -0.2) is 9.18 Å². The monoisotopic (exact) mass is 237 g/mol. The third kappa shape index (κ3) is 2.00. The van der Waals surface area contributed by atoms with E-state index in [1.807, 2.05) is 0 Å². The van der Waals surface area contributed by atoms with Crippen LogP contribution in [0.4, 0.5) is 4.39 Å². The number of carbonyl (C=O) groups excluding carboxylic acids is 1. The normalized spacial score (nSPS) is 22.9. The van der Waals surface area contributed by atoms with Crippen molar-refractivity contribution in [2.45, 2.75) is 18.9 Å². The first-order valence-corrected chi connectivity index (χ1v) is 5.15. The Morgan fingerprint density at radius 1 is 1.53 bits per heavy atom. The standard InChI is InChI=1S/C12H12FNO3/c1-12(11(15)16-2)7-10(14-17-12)8-5-3-4-6-9(8)13/h3-6H,7H2,1-2H3. The van der Waals surface area contributed by atoms with Gasteiger partial charge in [-0.1, -0.05) is 23.4 Å². The molecular formula is C12H12FNO3. The molecule has 0 spiro atoms. The van der Waals surface area contributed by atoms with E-state index in [9.17, 15) is 9.18 Å². The van der Waals surface area contributed by atoms with Crippen LogP contribution in [0.1, 0.15) is 18.9 Å². The molecule has 1 heterocycles. The molecule has 1 unspecified atom stereocenters. The molecule has 2 rings (SSSR count). The lowest BCUT2D eigenvalue weighted by Gasteiger charge is -2.17. The zero-order chi connectivity index (χ0) is 12.5. The van der Waals surface area contributed by atoms with Gasteiger partial charge < -0.3 is 9.57 Å². The Morgan fingerprint density at radius 2 is 2.24 bits per heavy atom. The summed E-state index contributed by atoms with van der Waals surface area (Å²) < 4.78 is 18.1. The van der Waals surface area contributed by atoms with Crippen molar-refractivity contribution in [2.24, 2.45) is 5.16 Å². The van der Waals surface area contributed by atoms with Gasteiger partial charge in [-0.15, -0.1) is 0 Å². The van der Waals surface area contributed by atoms with Gasteiger partial charge in [0.25, 0.3) is 0 Å². The number of nitrogens with zero attached hydrogens (tertiary/aromatic N) is 1. The van der Waals surface area contributed by atoms with Gasteiger partial charge >= 0.3 is 5.97 Å². The molecule has 90 valence electrons. The molecule has 4 nitrogen and oxygen atoms in total. The van der Waals surface area contributed by atoms with E-state index in [-0.39, 0.29) is 12.2 Å². The van der Waals surface area contributed by atoms with E-state index in [4.69, 9.17) is 4.84 Å². The van der Waals surface area contributed by atoms with Gasteiger partial charge in [0, 0.05) is 12.0 Å². The minimum atomic E-state index is -1.16. The Labute approximate surface area is 98.0 Å². The van der Waals surface area contributed by atoms with Gasteiger partial charge in [0.1, 0.15) is 5.82 Å². The molecular weight excluding hydrogens is 225 g/mol. The predicted molar refractivity (Wildman–Crippen MR) is 59.1 cm³/mol. The highest BCUT2D eigenvalue weighted by Crippen LogP contribution is 2.28. The van der Waals surface area contributed by atoms with Gasteiger partial charge in [-0.05, 0) is 13.0 Å². The second-order valence-corrected chi connectivity index (χ2v) is 4.01. The average Bonchev–Trinajstić information content (AvgIpc) is 2.72. The molecule has 1 aromatic carbocycles. The van der Waals surface area contributed by atoms with Crippen LogP contribution >= 0.6 is 0 Å². The van der Waals surface area contributed by atoms with Crippen molar-refractivity contribution in [2.75, 3.05) is 7.11 Å². The Bertz CT molecular complexity index is 486. The molecule has 0 N–H and O–H groups in total. The van der Waals surface area contributed by atoms with E-state index < -0.39 is 11.6 Å². The second kappa shape index (κ2) is 4.16. The molecule has 0 saturated carbocycles. The molecule has 0 radical (unpaired) electrons. The van der Waals surface area contributed by atoms with Crippen molar-refractivity contribution in [3.63, 3.8) is 0 Å². The second-order valence-electron chi connectivity index (χ2n) is 4.01. The zero-order valence-corrected chi connectivity index (χ0v) is 9.57. The van der Waals surface area contributed by atoms with E-state index in [1.54, 1.807) is 25.1 Å². The number of benzene rings is 1. The summed E-state index contributed by atoms with van der Waals surface area (Å²) in [4.78, 5) is 16.5. The van der Waals surface area contributed by atoms with Gasteiger partial charge in [0.15, 0.2) is 0 Å². The molecule has 0 saturated heterocycles.